The van der Waals surface area contributed by atoms with E-state index in [1.807, 2.05) is 0 Å². The number of carbonyl (C=O) groups excluding carboxylic acids is 4. The summed E-state index contributed by atoms with van der Waals surface area (Å²) in [5, 5.41) is 0. The molecule has 4 aromatic rings. The monoisotopic (exact) mass is 1800 g/mol. The summed E-state index contributed by atoms with van der Waals surface area (Å²) < 4.78 is 78.1. The molecule has 0 spiro atoms. The Morgan fingerprint density at radius 3 is 0.434 bits per heavy atom. The van der Waals surface area contributed by atoms with Gasteiger partial charge in [0.2, 0.25) is 0 Å². The van der Waals surface area contributed by atoms with Gasteiger partial charge in [-0.2, -0.15) is 0 Å². The molecule has 0 saturated heterocycles. The second-order valence-electron chi connectivity index (χ2n) is 37.0. The number of carbonyl (C=O) groups is 4. The summed E-state index contributed by atoms with van der Waals surface area (Å²) in [5.41, 5.74) is -1.05. The van der Waals surface area contributed by atoms with Gasteiger partial charge in [0.15, 0.2) is 46.0 Å². The van der Waals surface area contributed by atoms with E-state index in [0.29, 0.717) is 98.9 Å². The maximum absolute atomic E-state index is 15.2. The van der Waals surface area contributed by atoms with Crippen molar-refractivity contribution in [2.45, 2.75) is 466 Å². The number of ether oxygens (including phenoxy) is 12. The highest BCUT2D eigenvalue weighted by molar-refractivity contribution is 5.92. The third-order valence-electron chi connectivity index (χ3n) is 24.8. The molecule has 736 valence electrons. The third kappa shape index (κ3) is 57.4. The van der Waals surface area contributed by atoms with Gasteiger partial charge in [-0.1, -0.05) is 415 Å². The summed E-state index contributed by atoms with van der Waals surface area (Å²) in [7, 11) is 0. The van der Waals surface area contributed by atoms with Gasteiger partial charge in [0.25, 0.3) is 0 Å². The smallest absolute Gasteiger partial charge is 0.338 e. The molecule has 0 unspecified atom stereocenters. The number of esters is 4. The fourth-order valence-corrected chi connectivity index (χ4v) is 16.3. The van der Waals surface area contributed by atoms with E-state index < -0.39 is 55.7 Å². The van der Waals surface area contributed by atoms with Crippen LogP contribution in [0.15, 0.2) is 72.8 Å². The molecule has 4 aromatic carbocycles. The highest BCUT2D eigenvalue weighted by Gasteiger charge is 2.39. The second-order valence-corrected chi connectivity index (χ2v) is 37.0. The molecule has 0 aliphatic rings. The minimum absolute atomic E-state index is 0.179. The number of rotatable bonds is 92. The highest BCUT2D eigenvalue weighted by atomic mass is 16.6. The Labute approximate surface area is 787 Å². The molecule has 0 heterocycles. The molecule has 0 bridgehead atoms. The molecule has 4 rings (SSSR count). The van der Waals surface area contributed by atoms with Crippen molar-refractivity contribution in [1.82, 2.24) is 0 Å². The van der Waals surface area contributed by atoms with Crippen LogP contribution in [0.5, 0.6) is 46.0 Å². The van der Waals surface area contributed by atoms with Crippen LogP contribution < -0.4 is 37.9 Å². The van der Waals surface area contributed by atoms with Gasteiger partial charge in [-0.25, -0.2) is 19.2 Å². The van der Waals surface area contributed by atoms with Gasteiger partial charge in [-0.3, -0.25) is 0 Å². The zero-order valence-corrected chi connectivity index (χ0v) is 83.7. The fourth-order valence-electron chi connectivity index (χ4n) is 16.3. The number of benzene rings is 4. The van der Waals surface area contributed by atoms with E-state index in [1.54, 1.807) is 72.8 Å². The first-order valence-corrected chi connectivity index (χ1v) is 53.8. The summed E-state index contributed by atoms with van der Waals surface area (Å²) in [6, 6.07) is 20.4. The third-order valence-corrected chi connectivity index (χ3v) is 24.8. The fraction of sp³-hybridized carbons (Fsp3) is 0.752. The van der Waals surface area contributed by atoms with Crippen molar-refractivity contribution in [3.05, 3.63) is 95.1 Å². The van der Waals surface area contributed by atoms with Crippen molar-refractivity contribution in [3.63, 3.8) is 0 Å². The Hall–Kier alpha value is -6.84. The van der Waals surface area contributed by atoms with E-state index in [0.717, 1.165) is 154 Å². The Bertz CT molecular complexity index is 2910. The maximum atomic E-state index is 15.2. The largest absolute Gasteiger partial charge is 0.490 e. The van der Waals surface area contributed by atoms with Crippen LogP contribution in [0.25, 0.3) is 0 Å². The summed E-state index contributed by atoms with van der Waals surface area (Å²) in [6.07, 6.45) is 73.4. The maximum Gasteiger partial charge on any atom is 0.338 e. The van der Waals surface area contributed by atoms with E-state index >= 15 is 19.2 Å². The average Bonchev–Trinajstić information content (AvgIpc) is 0.825. The molecule has 0 aliphatic carbocycles. The summed E-state index contributed by atoms with van der Waals surface area (Å²) in [6.45, 7) is 19.4. The molecule has 0 radical (unpaired) electrons. The van der Waals surface area contributed by atoms with Gasteiger partial charge in [0.1, 0.15) is 31.8 Å². The molecule has 16 heteroatoms. The molecule has 0 N–H and O–H groups in total. The molecule has 0 aromatic heterocycles. The predicted octanol–water partition coefficient (Wildman–Crippen LogP) is 33.6. The first-order chi connectivity index (χ1) is 63.5. The summed E-state index contributed by atoms with van der Waals surface area (Å²) in [4.78, 5) is 60.8. The molecule has 16 nitrogen and oxygen atoms in total. The van der Waals surface area contributed by atoms with Gasteiger partial charge in [-0.15, -0.1) is 0 Å². The summed E-state index contributed by atoms with van der Waals surface area (Å²) in [5.74, 6) is 0.901. The van der Waals surface area contributed by atoms with Crippen molar-refractivity contribution in [2.75, 3.05) is 79.3 Å². The Kier molecular flexibility index (Phi) is 71.7. The lowest BCUT2D eigenvalue weighted by Crippen LogP contribution is -2.44. The highest BCUT2D eigenvalue weighted by Crippen LogP contribution is 2.37. The molecular weight excluding hydrogens is 1610 g/mol. The van der Waals surface area contributed by atoms with Crippen LogP contribution in [0.4, 0.5) is 0 Å². The normalized spacial score (nSPS) is 11.4. The number of unbranched alkanes of at least 4 members (excludes halogenated alkanes) is 56. The van der Waals surface area contributed by atoms with Crippen LogP contribution in [0.2, 0.25) is 0 Å². The second kappa shape index (κ2) is 80.8. The van der Waals surface area contributed by atoms with Crippen LogP contribution in [0.1, 0.15) is 508 Å². The average molecular weight is 1800 g/mol. The van der Waals surface area contributed by atoms with E-state index in [9.17, 15) is 0 Å². The minimum atomic E-state index is -1.76. The van der Waals surface area contributed by atoms with Crippen LogP contribution in [0.3, 0.4) is 0 Å². The lowest BCUT2D eigenvalue weighted by molar-refractivity contribution is -0.0642. The zero-order valence-electron chi connectivity index (χ0n) is 83.7. The topological polar surface area (TPSA) is 179 Å². The molecule has 129 heavy (non-hydrogen) atoms. The Balaban J connectivity index is 1.88. The Morgan fingerprint density at radius 1 is 0.171 bits per heavy atom. The first-order valence-electron chi connectivity index (χ1n) is 53.8. The molecule has 0 amide bonds. The van der Waals surface area contributed by atoms with Gasteiger partial charge >= 0.3 is 23.9 Å². The van der Waals surface area contributed by atoms with Crippen molar-refractivity contribution in [1.29, 1.82) is 0 Å². The van der Waals surface area contributed by atoms with E-state index in [-0.39, 0.29) is 22.3 Å². The van der Waals surface area contributed by atoms with Gasteiger partial charge < -0.3 is 56.8 Å². The SMILES string of the molecule is CCCCCCCCCCOc1ccc(C(=O)OCC(COC(=O)c2ccc(OCCCCCCCCCC)c(OCCCCCCCCCC)c2)(COC(=O)c2ccc(OCCCCCCCCCC)c(OCCCCCCCCCC)c2)COC(=O)c2ccc(OCCCCCCCCCC)c(OCCCCCCCCCC)c2)cc1OCCCCCCCCCC. The van der Waals surface area contributed by atoms with Crippen LogP contribution >= 0.6 is 0 Å². The molecular formula is C113H188O16. The van der Waals surface area contributed by atoms with Gasteiger partial charge in [0, 0.05) is 0 Å². The minimum Gasteiger partial charge on any atom is -0.490 e. The summed E-state index contributed by atoms with van der Waals surface area (Å²) >= 11 is 0. The van der Waals surface area contributed by atoms with E-state index in [4.69, 9.17) is 56.8 Å². The van der Waals surface area contributed by atoms with Crippen LogP contribution in [-0.2, 0) is 18.9 Å². The standard InChI is InChI=1S/C113H188O16/c1-9-17-25-33-41-49-57-65-81-118-101-77-73-97(89-105(101)122-85-69-61-53-45-37-29-21-13-5)109(114)126-93-113(94-127-110(115)98-74-78-102(119-82-66-58-50-42-34-26-18-10-2)106(90-98)123-86-70-62-54-46-38-30-22-14-6,95-128-111(116)99-75-79-103(120-83-67-59-51-43-35-27-19-11-3)107(91-99)124-87-71-63-55-47-39-31-23-15-7)96-129-112(117)100-76-80-104(121-84-68-60-52-44-36-28-20-12-4)108(92-100)125-88-72-64-56-48-40-32-24-16-8/h73-80,89-92H,9-72,81-88,93-96H2,1-8H3. The van der Waals surface area contributed by atoms with Crippen molar-refractivity contribution >= 4 is 23.9 Å². The van der Waals surface area contributed by atoms with Gasteiger partial charge in [0.05, 0.1) is 75.1 Å². The lowest BCUT2D eigenvalue weighted by atomic mass is 9.92. The van der Waals surface area contributed by atoms with Crippen molar-refractivity contribution in [2.24, 2.45) is 5.41 Å². The Morgan fingerprint density at radius 2 is 0.295 bits per heavy atom. The molecule has 0 fully saturated rings. The number of hydrogen-bond donors (Lipinski definition) is 0. The quantitative estimate of drug-likeness (QED) is 0.0231. The predicted molar refractivity (Wildman–Crippen MR) is 534 cm³/mol. The first kappa shape index (κ1) is 114. The van der Waals surface area contributed by atoms with Gasteiger partial charge in [-0.05, 0) is 124 Å². The van der Waals surface area contributed by atoms with E-state index in [2.05, 4.69) is 55.4 Å². The molecule has 0 aliphatic heterocycles. The molecule has 0 atom stereocenters. The van der Waals surface area contributed by atoms with E-state index in [1.165, 1.54) is 257 Å². The lowest BCUT2D eigenvalue weighted by Gasteiger charge is -2.31. The zero-order chi connectivity index (χ0) is 92.4. The van der Waals surface area contributed by atoms with Crippen molar-refractivity contribution in [3.8, 4) is 46.0 Å². The number of hydrogen-bond acceptors (Lipinski definition) is 16. The molecule has 0 saturated carbocycles. The van der Waals surface area contributed by atoms with Crippen LogP contribution in [-0.4, -0.2) is 103 Å². The van der Waals surface area contributed by atoms with Crippen LogP contribution in [0, 0.1) is 5.41 Å². The van der Waals surface area contributed by atoms with Crippen molar-refractivity contribution < 1.29 is 76.0 Å².